The van der Waals surface area contributed by atoms with E-state index in [9.17, 15) is 4.79 Å². The third kappa shape index (κ3) is 3.98. The molecule has 2 heterocycles. The number of fused-ring (bicyclic) bond motifs is 3. The Labute approximate surface area is 187 Å². The summed E-state index contributed by atoms with van der Waals surface area (Å²) in [5.74, 6) is 0.145. The first-order chi connectivity index (χ1) is 15.1. The van der Waals surface area contributed by atoms with E-state index >= 15 is 0 Å². The fourth-order valence-electron chi connectivity index (χ4n) is 5.06. The summed E-state index contributed by atoms with van der Waals surface area (Å²) in [5.41, 5.74) is 3.67. The summed E-state index contributed by atoms with van der Waals surface area (Å²) in [5, 5.41) is 9.77. The SMILES string of the molecule is O=C1C(c2ccc(Cl)cc2)=COC2C1CCC1OCN(c3ccc(CCO)cc3)CC12. The van der Waals surface area contributed by atoms with Gasteiger partial charge in [-0.1, -0.05) is 35.9 Å². The van der Waals surface area contributed by atoms with Crippen LogP contribution in [0, 0.1) is 11.8 Å². The van der Waals surface area contributed by atoms with Gasteiger partial charge in [-0.2, -0.15) is 0 Å². The average Bonchev–Trinajstić information content (AvgIpc) is 2.80. The van der Waals surface area contributed by atoms with E-state index in [1.165, 1.54) is 0 Å². The number of ketones is 1. The lowest BCUT2D eigenvalue weighted by Crippen LogP contribution is -2.56. The highest BCUT2D eigenvalue weighted by Crippen LogP contribution is 2.42. The lowest BCUT2D eigenvalue weighted by atomic mass is 9.71. The van der Waals surface area contributed by atoms with Crippen molar-refractivity contribution in [2.24, 2.45) is 11.8 Å². The quantitative estimate of drug-likeness (QED) is 0.778. The Hall–Kier alpha value is -2.34. The van der Waals surface area contributed by atoms with Gasteiger partial charge in [0.1, 0.15) is 12.8 Å². The highest BCUT2D eigenvalue weighted by molar-refractivity contribution is 6.30. The molecule has 4 unspecified atom stereocenters. The molecule has 1 saturated carbocycles. The first kappa shape index (κ1) is 20.6. The number of anilines is 1. The van der Waals surface area contributed by atoms with Gasteiger partial charge in [0.25, 0.3) is 0 Å². The van der Waals surface area contributed by atoms with E-state index in [-0.39, 0.29) is 36.4 Å². The number of ether oxygens (including phenoxy) is 2. The number of aliphatic hydroxyl groups is 1. The van der Waals surface area contributed by atoms with Crippen molar-refractivity contribution in [3.05, 3.63) is 70.9 Å². The van der Waals surface area contributed by atoms with Crippen molar-refractivity contribution in [2.45, 2.75) is 31.5 Å². The van der Waals surface area contributed by atoms with Crippen molar-refractivity contribution in [1.82, 2.24) is 0 Å². The van der Waals surface area contributed by atoms with Gasteiger partial charge in [-0.3, -0.25) is 4.79 Å². The van der Waals surface area contributed by atoms with E-state index in [0.29, 0.717) is 23.7 Å². The Kier molecular flexibility index (Phi) is 5.74. The number of Topliss-reactive ketones (excluding diaryl/α,β-unsaturated/α-hetero) is 1. The second kappa shape index (κ2) is 8.65. The molecule has 1 saturated heterocycles. The monoisotopic (exact) mass is 439 g/mol. The number of allylic oxidation sites excluding steroid dienone is 1. The van der Waals surface area contributed by atoms with Gasteiger partial charge in [0, 0.05) is 29.8 Å². The molecule has 1 aliphatic carbocycles. The van der Waals surface area contributed by atoms with Crippen LogP contribution in [0.25, 0.3) is 5.57 Å². The maximum Gasteiger partial charge on any atom is 0.173 e. The number of carbonyl (C=O) groups excluding carboxylic acids is 1. The van der Waals surface area contributed by atoms with Crippen LogP contribution in [0.4, 0.5) is 5.69 Å². The summed E-state index contributed by atoms with van der Waals surface area (Å²) in [6, 6.07) is 15.6. The number of aliphatic hydroxyl groups excluding tert-OH is 1. The van der Waals surface area contributed by atoms with E-state index in [1.807, 2.05) is 24.3 Å². The summed E-state index contributed by atoms with van der Waals surface area (Å²) in [4.78, 5) is 15.5. The first-order valence-electron chi connectivity index (χ1n) is 10.9. The summed E-state index contributed by atoms with van der Waals surface area (Å²) in [6.45, 7) is 1.48. The molecule has 3 aliphatic rings. The number of halogens is 1. The van der Waals surface area contributed by atoms with Crippen LogP contribution in [0.15, 0.2) is 54.8 Å². The molecule has 0 amide bonds. The summed E-state index contributed by atoms with van der Waals surface area (Å²) >= 11 is 6.00. The zero-order chi connectivity index (χ0) is 21.4. The third-order valence-corrected chi connectivity index (χ3v) is 6.99. The molecule has 6 heteroatoms. The van der Waals surface area contributed by atoms with Crippen molar-refractivity contribution in [2.75, 3.05) is 24.8 Å². The lowest BCUT2D eigenvalue weighted by Gasteiger charge is -2.48. The Bertz CT molecular complexity index is 972. The lowest BCUT2D eigenvalue weighted by molar-refractivity contribution is -0.140. The fourth-order valence-corrected chi connectivity index (χ4v) is 5.18. The van der Waals surface area contributed by atoms with Gasteiger partial charge in [0.2, 0.25) is 0 Å². The smallest absolute Gasteiger partial charge is 0.173 e. The summed E-state index contributed by atoms with van der Waals surface area (Å²) in [6.07, 6.45) is 3.90. The van der Waals surface area contributed by atoms with Gasteiger partial charge in [-0.05, 0) is 54.7 Å². The molecular weight excluding hydrogens is 414 g/mol. The van der Waals surface area contributed by atoms with Gasteiger partial charge in [0.05, 0.1) is 23.9 Å². The number of rotatable bonds is 4. The van der Waals surface area contributed by atoms with Crippen LogP contribution in [0.1, 0.15) is 24.0 Å². The minimum atomic E-state index is -0.168. The molecule has 2 aliphatic heterocycles. The highest BCUT2D eigenvalue weighted by Gasteiger charge is 2.49. The van der Waals surface area contributed by atoms with Crippen molar-refractivity contribution < 1.29 is 19.4 Å². The molecule has 5 rings (SSSR count). The van der Waals surface area contributed by atoms with Gasteiger partial charge >= 0.3 is 0 Å². The number of nitrogens with zero attached hydrogens (tertiary/aromatic N) is 1. The van der Waals surface area contributed by atoms with E-state index in [1.54, 1.807) is 18.4 Å². The van der Waals surface area contributed by atoms with Crippen LogP contribution in [0.5, 0.6) is 0 Å². The van der Waals surface area contributed by atoms with Crippen molar-refractivity contribution in [3.8, 4) is 0 Å². The average molecular weight is 440 g/mol. The van der Waals surface area contributed by atoms with Gasteiger partial charge in [0.15, 0.2) is 5.78 Å². The minimum Gasteiger partial charge on any atom is -0.496 e. The molecule has 0 spiro atoms. The van der Waals surface area contributed by atoms with Crippen LogP contribution >= 0.6 is 11.6 Å². The largest absolute Gasteiger partial charge is 0.496 e. The van der Waals surface area contributed by atoms with Gasteiger partial charge < -0.3 is 19.5 Å². The fraction of sp³-hybridized carbons (Fsp3) is 0.400. The number of hydrogen-bond donors (Lipinski definition) is 1. The van der Waals surface area contributed by atoms with Crippen molar-refractivity contribution >= 4 is 28.6 Å². The van der Waals surface area contributed by atoms with Crippen LogP contribution in [-0.2, 0) is 20.7 Å². The molecule has 2 aromatic carbocycles. The van der Waals surface area contributed by atoms with E-state index in [4.69, 9.17) is 26.2 Å². The molecule has 0 bridgehead atoms. The Morgan fingerprint density at radius 3 is 2.58 bits per heavy atom. The zero-order valence-electron chi connectivity index (χ0n) is 17.2. The predicted molar refractivity (Wildman–Crippen MR) is 120 cm³/mol. The summed E-state index contributed by atoms with van der Waals surface area (Å²) < 4.78 is 12.4. The molecule has 162 valence electrons. The second-order valence-electron chi connectivity index (χ2n) is 8.55. The number of benzene rings is 2. The predicted octanol–water partition coefficient (Wildman–Crippen LogP) is 4.07. The molecule has 0 aromatic heterocycles. The molecule has 0 radical (unpaired) electrons. The molecule has 4 atom stereocenters. The molecule has 5 nitrogen and oxygen atoms in total. The first-order valence-corrected chi connectivity index (χ1v) is 11.2. The highest BCUT2D eigenvalue weighted by atomic mass is 35.5. The van der Waals surface area contributed by atoms with E-state index < -0.39 is 0 Å². The normalized spacial score (nSPS) is 27.7. The van der Waals surface area contributed by atoms with Crippen LogP contribution in [-0.4, -0.2) is 43.0 Å². The van der Waals surface area contributed by atoms with E-state index in [0.717, 1.165) is 36.2 Å². The molecular formula is C25H26ClNO4. The van der Waals surface area contributed by atoms with Crippen molar-refractivity contribution in [1.29, 1.82) is 0 Å². The molecule has 2 aromatic rings. The van der Waals surface area contributed by atoms with E-state index in [2.05, 4.69) is 17.0 Å². The van der Waals surface area contributed by atoms with Crippen LogP contribution in [0.3, 0.4) is 0 Å². The topological polar surface area (TPSA) is 59.0 Å². The third-order valence-electron chi connectivity index (χ3n) is 6.74. The molecule has 2 fully saturated rings. The van der Waals surface area contributed by atoms with Crippen LogP contribution in [0.2, 0.25) is 5.02 Å². The number of hydrogen-bond acceptors (Lipinski definition) is 5. The maximum atomic E-state index is 13.3. The van der Waals surface area contributed by atoms with Crippen molar-refractivity contribution in [3.63, 3.8) is 0 Å². The number of carbonyl (C=O) groups is 1. The minimum absolute atomic E-state index is 0.115. The Morgan fingerprint density at radius 2 is 1.84 bits per heavy atom. The second-order valence-corrected chi connectivity index (χ2v) is 8.98. The van der Waals surface area contributed by atoms with Gasteiger partial charge in [-0.25, -0.2) is 0 Å². The van der Waals surface area contributed by atoms with Crippen LogP contribution < -0.4 is 4.90 Å². The Morgan fingerprint density at radius 1 is 1.06 bits per heavy atom. The standard InChI is InChI=1S/C25H26ClNO4/c26-18-5-3-17(4-6-18)22-14-30-25-20(24(22)29)9-10-23-21(25)13-27(15-31-23)19-7-1-16(2-8-19)11-12-28/h1-8,14,20-21,23,25,28H,9-13,15H2. The maximum absolute atomic E-state index is 13.3. The molecule has 1 N–H and O–H groups in total. The zero-order valence-corrected chi connectivity index (χ0v) is 18.0. The van der Waals surface area contributed by atoms with Gasteiger partial charge in [-0.15, -0.1) is 0 Å². The Balaban J connectivity index is 1.34. The molecule has 31 heavy (non-hydrogen) atoms. The summed E-state index contributed by atoms with van der Waals surface area (Å²) in [7, 11) is 0.